The highest BCUT2D eigenvalue weighted by atomic mass is 16.6. The van der Waals surface area contributed by atoms with Crippen LogP contribution in [0.4, 0.5) is 4.79 Å². The van der Waals surface area contributed by atoms with Crippen LogP contribution in [0.3, 0.4) is 0 Å². The van der Waals surface area contributed by atoms with Crippen LogP contribution >= 0.6 is 0 Å². The average Bonchev–Trinajstić information content (AvgIpc) is 2.66. The Morgan fingerprint density at radius 2 is 2.12 bits per heavy atom. The summed E-state index contributed by atoms with van der Waals surface area (Å²) in [7, 11) is 0. The Hall–Kier alpha value is -1.85. The predicted octanol–water partition coefficient (Wildman–Crippen LogP) is 3.15. The van der Waals surface area contributed by atoms with Gasteiger partial charge in [0.1, 0.15) is 6.61 Å². The quantitative estimate of drug-likeness (QED) is 0.778. The fourth-order valence-electron chi connectivity index (χ4n) is 2.99. The Balaban J connectivity index is 1.49. The molecule has 1 fully saturated rings. The molecule has 2 unspecified atom stereocenters. The van der Waals surface area contributed by atoms with Gasteiger partial charge in [-0.05, 0) is 24.8 Å². The van der Waals surface area contributed by atoms with E-state index in [-0.39, 0.29) is 18.2 Å². The van der Waals surface area contributed by atoms with Crippen molar-refractivity contribution in [1.82, 2.24) is 4.90 Å². The molecular formula is C19H25NO4. The Morgan fingerprint density at radius 1 is 1.25 bits per heavy atom. The van der Waals surface area contributed by atoms with E-state index in [1.807, 2.05) is 36.4 Å². The molecule has 2 atom stereocenters. The first-order valence-corrected chi connectivity index (χ1v) is 8.64. The highest BCUT2D eigenvalue weighted by Crippen LogP contribution is 2.17. The summed E-state index contributed by atoms with van der Waals surface area (Å²) in [6, 6.07) is 9.76. The molecule has 1 aromatic rings. The molecule has 24 heavy (non-hydrogen) atoms. The van der Waals surface area contributed by atoms with E-state index in [1.165, 1.54) is 0 Å². The summed E-state index contributed by atoms with van der Waals surface area (Å²) in [5, 5.41) is 0. The molecule has 0 aliphatic carbocycles. The summed E-state index contributed by atoms with van der Waals surface area (Å²) < 4.78 is 16.9. The molecule has 5 nitrogen and oxygen atoms in total. The van der Waals surface area contributed by atoms with Gasteiger partial charge < -0.3 is 14.2 Å². The Morgan fingerprint density at radius 3 is 2.92 bits per heavy atom. The van der Waals surface area contributed by atoms with Crippen molar-refractivity contribution in [3.63, 3.8) is 0 Å². The number of amides is 1. The van der Waals surface area contributed by atoms with Crippen molar-refractivity contribution in [2.75, 3.05) is 26.4 Å². The molecule has 0 N–H and O–H groups in total. The minimum Gasteiger partial charge on any atom is -0.445 e. The van der Waals surface area contributed by atoms with Crippen LogP contribution in [0.25, 0.3) is 0 Å². The maximum Gasteiger partial charge on any atom is 0.410 e. The van der Waals surface area contributed by atoms with Crippen molar-refractivity contribution in [3.8, 4) is 0 Å². The number of ether oxygens (including phenoxy) is 3. The van der Waals surface area contributed by atoms with Gasteiger partial charge in [-0.25, -0.2) is 4.79 Å². The number of nitrogens with zero attached hydrogens (tertiary/aromatic N) is 1. The molecule has 0 spiro atoms. The Bertz CT molecular complexity index is 540. The van der Waals surface area contributed by atoms with E-state index < -0.39 is 0 Å². The second-order valence-electron chi connectivity index (χ2n) is 6.23. The number of carbonyl (C=O) groups is 1. The van der Waals surface area contributed by atoms with E-state index in [0.29, 0.717) is 26.4 Å². The molecule has 0 bridgehead atoms. The molecule has 3 rings (SSSR count). The Labute approximate surface area is 143 Å². The van der Waals surface area contributed by atoms with Gasteiger partial charge in [0, 0.05) is 13.2 Å². The van der Waals surface area contributed by atoms with Crippen molar-refractivity contribution in [2.45, 2.75) is 38.0 Å². The van der Waals surface area contributed by atoms with Gasteiger partial charge >= 0.3 is 6.09 Å². The minimum absolute atomic E-state index is 0.0280. The van der Waals surface area contributed by atoms with Crippen molar-refractivity contribution < 1.29 is 19.0 Å². The topological polar surface area (TPSA) is 48.0 Å². The monoisotopic (exact) mass is 331 g/mol. The molecule has 130 valence electrons. The van der Waals surface area contributed by atoms with Crippen molar-refractivity contribution >= 4 is 6.09 Å². The molecular weight excluding hydrogens is 306 g/mol. The smallest absolute Gasteiger partial charge is 0.410 e. The third-order valence-electron chi connectivity index (χ3n) is 4.40. The zero-order valence-electron chi connectivity index (χ0n) is 13.9. The number of hydrogen-bond acceptors (Lipinski definition) is 4. The average molecular weight is 331 g/mol. The molecule has 0 aromatic heterocycles. The molecule has 5 heteroatoms. The lowest BCUT2D eigenvalue weighted by Gasteiger charge is -2.33. The van der Waals surface area contributed by atoms with E-state index in [1.54, 1.807) is 4.90 Å². The van der Waals surface area contributed by atoms with Crippen LogP contribution in [0.15, 0.2) is 42.5 Å². The van der Waals surface area contributed by atoms with Crippen LogP contribution in [0, 0.1) is 0 Å². The van der Waals surface area contributed by atoms with Crippen LogP contribution in [0.5, 0.6) is 0 Å². The standard InChI is InChI=1S/C19H25NO4/c21-19(24-13-16-7-2-1-3-8-16)20-11-5-4-9-17(20)14-23-18-10-6-12-22-15-18/h1-5,7-8,17-18H,6,9-15H2. The first-order valence-electron chi connectivity index (χ1n) is 8.64. The van der Waals surface area contributed by atoms with Crippen LogP contribution in [-0.4, -0.2) is 49.5 Å². The normalized spacial score (nSPS) is 23.9. The molecule has 1 saturated heterocycles. The summed E-state index contributed by atoms with van der Waals surface area (Å²) in [5.41, 5.74) is 0.991. The van der Waals surface area contributed by atoms with Gasteiger partial charge in [0.25, 0.3) is 0 Å². The van der Waals surface area contributed by atoms with Gasteiger partial charge in [-0.15, -0.1) is 0 Å². The summed E-state index contributed by atoms with van der Waals surface area (Å²) in [6.45, 7) is 2.87. The molecule has 2 heterocycles. The fourth-order valence-corrected chi connectivity index (χ4v) is 2.99. The zero-order chi connectivity index (χ0) is 16.6. The van der Waals surface area contributed by atoms with E-state index in [9.17, 15) is 4.79 Å². The first kappa shape index (κ1) is 17.0. The molecule has 2 aliphatic heterocycles. The predicted molar refractivity (Wildman–Crippen MR) is 90.7 cm³/mol. The second kappa shape index (κ2) is 8.85. The first-order chi connectivity index (χ1) is 11.8. The SMILES string of the molecule is O=C(OCc1ccccc1)N1CC=CCC1COC1CCCOC1. The summed E-state index contributed by atoms with van der Waals surface area (Å²) in [5.74, 6) is 0. The maximum atomic E-state index is 12.4. The van der Waals surface area contributed by atoms with Gasteiger partial charge in [0.05, 0.1) is 25.4 Å². The minimum atomic E-state index is -0.281. The summed E-state index contributed by atoms with van der Waals surface area (Å²) in [6.07, 6.45) is 6.84. The van der Waals surface area contributed by atoms with E-state index in [4.69, 9.17) is 14.2 Å². The van der Waals surface area contributed by atoms with Gasteiger partial charge in [0.15, 0.2) is 0 Å². The Kier molecular flexibility index (Phi) is 6.26. The lowest BCUT2D eigenvalue weighted by Crippen LogP contribution is -2.45. The summed E-state index contributed by atoms with van der Waals surface area (Å²) in [4.78, 5) is 14.2. The number of benzene rings is 1. The van der Waals surface area contributed by atoms with Crippen LogP contribution < -0.4 is 0 Å². The maximum absolute atomic E-state index is 12.4. The zero-order valence-corrected chi connectivity index (χ0v) is 13.9. The van der Waals surface area contributed by atoms with Gasteiger partial charge in [-0.2, -0.15) is 0 Å². The van der Waals surface area contributed by atoms with Crippen molar-refractivity contribution in [1.29, 1.82) is 0 Å². The molecule has 2 aliphatic rings. The number of hydrogen-bond donors (Lipinski definition) is 0. The number of carbonyl (C=O) groups excluding carboxylic acids is 1. The molecule has 1 amide bonds. The molecule has 0 saturated carbocycles. The number of rotatable bonds is 5. The van der Waals surface area contributed by atoms with Crippen LogP contribution in [0.1, 0.15) is 24.8 Å². The van der Waals surface area contributed by atoms with Crippen molar-refractivity contribution in [3.05, 3.63) is 48.0 Å². The molecule has 0 radical (unpaired) electrons. The lowest BCUT2D eigenvalue weighted by atomic mass is 10.1. The highest BCUT2D eigenvalue weighted by molar-refractivity contribution is 5.68. The summed E-state index contributed by atoms with van der Waals surface area (Å²) >= 11 is 0. The largest absolute Gasteiger partial charge is 0.445 e. The third-order valence-corrected chi connectivity index (χ3v) is 4.40. The third kappa shape index (κ3) is 4.82. The fraction of sp³-hybridized carbons (Fsp3) is 0.526. The van der Waals surface area contributed by atoms with Crippen molar-refractivity contribution in [2.24, 2.45) is 0 Å². The van der Waals surface area contributed by atoms with Crippen LogP contribution in [0.2, 0.25) is 0 Å². The van der Waals surface area contributed by atoms with Crippen LogP contribution in [-0.2, 0) is 20.8 Å². The van der Waals surface area contributed by atoms with E-state index in [0.717, 1.165) is 31.4 Å². The highest BCUT2D eigenvalue weighted by Gasteiger charge is 2.27. The molecule has 1 aromatic carbocycles. The lowest BCUT2D eigenvalue weighted by molar-refractivity contribution is -0.0645. The van der Waals surface area contributed by atoms with E-state index in [2.05, 4.69) is 6.08 Å². The van der Waals surface area contributed by atoms with Gasteiger partial charge in [0.2, 0.25) is 0 Å². The second-order valence-corrected chi connectivity index (χ2v) is 6.23. The van der Waals surface area contributed by atoms with E-state index >= 15 is 0 Å². The van der Waals surface area contributed by atoms with Gasteiger partial charge in [-0.3, -0.25) is 4.90 Å². The van der Waals surface area contributed by atoms with Gasteiger partial charge in [-0.1, -0.05) is 42.5 Å².